The van der Waals surface area contributed by atoms with E-state index in [2.05, 4.69) is 23.5 Å². The van der Waals surface area contributed by atoms with Crippen molar-refractivity contribution in [1.29, 1.82) is 0 Å². The number of ether oxygens (including phenoxy) is 2. The first-order valence-electron chi connectivity index (χ1n) is 8.02. The Labute approximate surface area is 131 Å². The minimum Gasteiger partial charge on any atom is -0.493 e. The highest BCUT2D eigenvalue weighted by atomic mass is 32.2. The molecule has 2 unspecified atom stereocenters. The fourth-order valence-electron chi connectivity index (χ4n) is 3.12. The van der Waals surface area contributed by atoms with Gasteiger partial charge in [0.1, 0.15) is 6.10 Å². The summed E-state index contributed by atoms with van der Waals surface area (Å²) < 4.78 is 11.7. The van der Waals surface area contributed by atoms with Crippen LogP contribution in [0.25, 0.3) is 0 Å². The third kappa shape index (κ3) is 3.86. The molecule has 0 aromatic heterocycles. The monoisotopic (exact) mass is 307 g/mol. The lowest BCUT2D eigenvalue weighted by Crippen LogP contribution is -2.27. The Morgan fingerprint density at radius 3 is 2.81 bits per heavy atom. The molecule has 21 heavy (non-hydrogen) atoms. The molecule has 2 heterocycles. The van der Waals surface area contributed by atoms with E-state index in [4.69, 9.17) is 9.47 Å². The summed E-state index contributed by atoms with van der Waals surface area (Å²) in [5.41, 5.74) is 1.33. The summed E-state index contributed by atoms with van der Waals surface area (Å²) in [4.78, 5) is 0. The van der Waals surface area contributed by atoms with E-state index in [0.717, 1.165) is 30.2 Å². The van der Waals surface area contributed by atoms with Crippen molar-refractivity contribution in [1.82, 2.24) is 5.32 Å². The first kappa shape index (κ1) is 15.0. The summed E-state index contributed by atoms with van der Waals surface area (Å²) in [6, 6.07) is 6.87. The van der Waals surface area contributed by atoms with Crippen LogP contribution in [0.3, 0.4) is 0 Å². The summed E-state index contributed by atoms with van der Waals surface area (Å²) >= 11 is 1.99. The number of methoxy groups -OCH3 is 1. The molecule has 2 aliphatic rings. The topological polar surface area (TPSA) is 30.5 Å². The van der Waals surface area contributed by atoms with Crippen LogP contribution in [0.2, 0.25) is 0 Å². The molecule has 0 saturated carbocycles. The number of hydrogen-bond donors (Lipinski definition) is 1. The van der Waals surface area contributed by atoms with Crippen LogP contribution in [-0.4, -0.2) is 31.3 Å². The number of benzene rings is 1. The first-order chi connectivity index (χ1) is 10.4. The zero-order valence-corrected chi connectivity index (χ0v) is 13.6. The Hall–Kier alpha value is -0.870. The van der Waals surface area contributed by atoms with Crippen LogP contribution in [0.5, 0.6) is 11.5 Å². The van der Waals surface area contributed by atoms with E-state index in [0.29, 0.717) is 12.1 Å². The average Bonchev–Trinajstić information content (AvgIpc) is 2.56. The molecule has 2 saturated heterocycles. The molecule has 1 N–H and O–H groups in total. The molecule has 0 radical (unpaired) electrons. The maximum absolute atomic E-state index is 6.24. The first-order valence-corrected chi connectivity index (χ1v) is 9.18. The Bertz CT molecular complexity index is 454. The summed E-state index contributed by atoms with van der Waals surface area (Å²) in [7, 11) is 1.72. The molecule has 2 aliphatic heterocycles. The van der Waals surface area contributed by atoms with Crippen molar-refractivity contribution in [3.05, 3.63) is 23.8 Å². The fraction of sp³-hybridized carbons (Fsp3) is 0.647. The highest BCUT2D eigenvalue weighted by Crippen LogP contribution is 2.34. The van der Waals surface area contributed by atoms with Gasteiger partial charge in [-0.05, 0) is 55.7 Å². The molecule has 1 aromatic carbocycles. The minimum absolute atomic E-state index is 0.326. The molecular formula is C17H25NO2S. The largest absolute Gasteiger partial charge is 0.493 e. The summed E-state index contributed by atoms with van der Waals surface area (Å²) in [6.45, 7) is 1.12. The lowest BCUT2D eigenvalue weighted by molar-refractivity contribution is 0.202. The molecule has 1 aromatic rings. The van der Waals surface area contributed by atoms with E-state index in [-0.39, 0.29) is 0 Å². The maximum Gasteiger partial charge on any atom is 0.161 e. The summed E-state index contributed by atoms with van der Waals surface area (Å²) in [5.74, 6) is 4.12. The molecule has 116 valence electrons. The molecule has 2 atom stereocenters. The van der Waals surface area contributed by atoms with Crippen LogP contribution in [0.1, 0.15) is 43.7 Å². The highest BCUT2D eigenvalue weighted by molar-refractivity contribution is 7.99. The second kappa shape index (κ2) is 7.41. The molecule has 0 spiro atoms. The van der Waals surface area contributed by atoms with Gasteiger partial charge in [0.2, 0.25) is 0 Å². The number of rotatable bonds is 4. The van der Waals surface area contributed by atoms with Gasteiger partial charge in [-0.3, -0.25) is 0 Å². The molecule has 2 fully saturated rings. The van der Waals surface area contributed by atoms with Gasteiger partial charge < -0.3 is 14.8 Å². The van der Waals surface area contributed by atoms with E-state index >= 15 is 0 Å². The van der Waals surface area contributed by atoms with Crippen molar-refractivity contribution in [2.45, 2.75) is 44.2 Å². The average molecular weight is 307 g/mol. The summed E-state index contributed by atoms with van der Waals surface area (Å²) in [6.07, 6.45) is 6.54. The van der Waals surface area contributed by atoms with Crippen molar-refractivity contribution in [3.63, 3.8) is 0 Å². The number of thioether (sulfide) groups is 1. The quantitative estimate of drug-likeness (QED) is 0.917. The van der Waals surface area contributed by atoms with Gasteiger partial charge in [0, 0.05) is 11.8 Å². The van der Waals surface area contributed by atoms with Gasteiger partial charge in [0.25, 0.3) is 0 Å². The van der Waals surface area contributed by atoms with Crippen LogP contribution in [0, 0.1) is 0 Å². The molecule has 3 rings (SSSR count). The maximum atomic E-state index is 6.24. The van der Waals surface area contributed by atoms with Gasteiger partial charge in [-0.25, -0.2) is 0 Å². The van der Waals surface area contributed by atoms with Crippen LogP contribution in [0.15, 0.2) is 18.2 Å². The lowest BCUT2D eigenvalue weighted by Gasteiger charge is -2.27. The summed E-state index contributed by atoms with van der Waals surface area (Å²) in [5, 5.41) is 3.60. The smallest absolute Gasteiger partial charge is 0.161 e. The van der Waals surface area contributed by atoms with Crippen LogP contribution < -0.4 is 14.8 Å². The highest BCUT2D eigenvalue weighted by Gasteiger charge is 2.20. The van der Waals surface area contributed by atoms with Gasteiger partial charge in [-0.1, -0.05) is 12.5 Å². The lowest BCUT2D eigenvalue weighted by atomic mass is 9.97. The number of hydrogen-bond acceptors (Lipinski definition) is 4. The van der Waals surface area contributed by atoms with Gasteiger partial charge in [-0.2, -0.15) is 11.8 Å². The van der Waals surface area contributed by atoms with Crippen molar-refractivity contribution < 1.29 is 9.47 Å². The standard InChI is InChI=1S/C17H25NO2S/c1-19-16-8-7-13(15-6-2-3-9-18-15)11-17(16)20-14-5-4-10-21-12-14/h7-8,11,14-15,18H,2-6,9-10,12H2,1H3. The molecule has 0 aliphatic carbocycles. The number of nitrogens with one attached hydrogen (secondary N) is 1. The zero-order chi connectivity index (χ0) is 14.5. The normalized spacial score (nSPS) is 26.3. The van der Waals surface area contributed by atoms with Crippen LogP contribution >= 0.6 is 11.8 Å². The third-order valence-electron chi connectivity index (χ3n) is 4.31. The predicted molar refractivity (Wildman–Crippen MR) is 88.6 cm³/mol. The van der Waals surface area contributed by atoms with Crippen molar-refractivity contribution in [2.75, 3.05) is 25.2 Å². The molecule has 0 amide bonds. The molecule has 3 nitrogen and oxygen atoms in total. The molecular weight excluding hydrogens is 282 g/mol. The fourth-order valence-corrected chi connectivity index (χ4v) is 4.16. The molecule has 4 heteroatoms. The SMILES string of the molecule is COc1ccc(C2CCCCN2)cc1OC1CCCSC1. The Morgan fingerprint density at radius 1 is 1.14 bits per heavy atom. The predicted octanol–water partition coefficient (Wildman–Crippen LogP) is 3.78. The number of piperidine rings is 1. The van der Waals surface area contributed by atoms with E-state index in [1.54, 1.807) is 7.11 Å². The van der Waals surface area contributed by atoms with Crippen molar-refractivity contribution in [2.24, 2.45) is 0 Å². The zero-order valence-electron chi connectivity index (χ0n) is 12.8. The van der Waals surface area contributed by atoms with E-state index in [1.807, 2.05) is 11.8 Å². The second-order valence-corrected chi connectivity index (χ2v) is 7.02. The van der Waals surface area contributed by atoms with E-state index < -0.39 is 0 Å². The van der Waals surface area contributed by atoms with Gasteiger partial charge in [-0.15, -0.1) is 0 Å². The van der Waals surface area contributed by atoms with Crippen molar-refractivity contribution in [3.8, 4) is 11.5 Å². The minimum atomic E-state index is 0.326. The molecule has 0 bridgehead atoms. The third-order valence-corrected chi connectivity index (χ3v) is 5.50. The van der Waals surface area contributed by atoms with Crippen molar-refractivity contribution >= 4 is 11.8 Å². The van der Waals surface area contributed by atoms with Gasteiger partial charge in [0.15, 0.2) is 11.5 Å². The van der Waals surface area contributed by atoms with Gasteiger partial charge >= 0.3 is 0 Å². The van der Waals surface area contributed by atoms with Gasteiger partial charge in [0.05, 0.1) is 7.11 Å². The van der Waals surface area contributed by atoms with Crippen LogP contribution in [-0.2, 0) is 0 Å². The Morgan fingerprint density at radius 2 is 2.10 bits per heavy atom. The Balaban J connectivity index is 1.75. The van der Waals surface area contributed by atoms with Crippen LogP contribution in [0.4, 0.5) is 0 Å². The van der Waals surface area contributed by atoms with E-state index in [1.165, 1.54) is 37.0 Å². The second-order valence-electron chi connectivity index (χ2n) is 5.87. The van der Waals surface area contributed by atoms with E-state index in [9.17, 15) is 0 Å². The Kier molecular flexibility index (Phi) is 5.31.